The maximum atomic E-state index is 5.26. The summed E-state index contributed by atoms with van der Waals surface area (Å²) in [5.41, 5.74) is 1.50. The predicted molar refractivity (Wildman–Crippen MR) is 76.8 cm³/mol. The number of nitrogens with one attached hydrogen (secondary N) is 1. The van der Waals surface area contributed by atoms with Crippen molar-refractivity contribution in [2.24, 2.45) is 0 Å². The Balaban J connectivity index is 2.07. The number of thiophene rings is 1. The smallest absolute Gasteiger partial charge is 0.0704 e. The second-order valence-corrected chi connectivity index (χ2v) is 7.12. The van der Waals surface area contributed by atoms with Gasteiger partial charge in [0, 0.05) is 24.1 Å². The summed E-state index contributed by atoms with van der Waals surface area (Å²) in [7, 11) is 1.78. The Morgan fingerprint density at radius 1 is 1.65 bits per heavy atom. The molecule has 0 spiro atoms. The molecule has 0 saturated carbocycles. The standard InChI is InChI=1S/C13H20BrNOS/c1-3-9(8-16-2)15-11-5-4-6-12-10(11)7-13(14)17-12/h7,9,11,15H,3-6,8H2,1-2H3. The summed E-state index contributed by atoms with van der Waals surface area (Å²) in [6.45, 7) is 3.01. The van der Waals surface area contributed by atoms with Crippen LogP contribution in [0.4, 0.5) is 0 Å². The second kappa shape index (κ2) is 6.32. The maximum Gasteiger partial charge on any atom is 0.0704 e. The van der Waals surface area contributed by atoms with Gasteiger partial charge in [-0.05, 0) is 53.2 Å². The lowest BCUT2D eigenvalue weighted by atomic mass is 9.93. The van der Waals surface area contributed by atoms with E-state index in [-0.39, 0.29) is 0 Å². The molecular weight excluding hydrogens is 298 g/mol. The molecule has 0 radical (unpaired) electrons. The lowest BCUT2D eigenvalue weighted by Gasteiger charge is -2.28. The average Bonchev–Trinajstić information content (AvgIpc) is 2.70. The minimum absolute atomic E-state index is 0.467. The lowest BCUT2D eigenvalue weighted by Crippen LogP contribution is -2.36. The van der Waals surface area contributed by atoms with Gasteiger partial charge in [0.15, 0.2) is 0 Å². The van der Waals surface area contributed by atoms with Gasteiger partial charge < -0.3 is 10.1 Å². The van der Waals surface area contributed by atoms with Crippen LogP contribution < -0.4 is 5.32 Å². The molecule has 2 unspecified atom stereocenters. The molecule has 0 aromatic carbocycles. The molecule has 1 aliphatic rings. The third-order valence-electron chi connectivity index (χ3n) is 3.38. The fourth-order valence-corrected chi connectivity index (χ4v) is 4.28. The number of aryl methyl sites for hydroxylation is 1. The van der Waals surface area contributed by atoms with Crippen LogP contribution in [0.2, 0.25) is 0 Å². The highest BCUT2D eigenvalue weighted by Gasteiger charge is 2.24. The summed E-state index contributed by atoms with van der Waals surface area (Å²) in [5, 5.41) is 3.74. The Bertz CT molecular complexity index is 366. The van der Waals surface area contributed by atoms with E-state index in [2.05, 4.69) is 34.2 Å². The van der Waals surface area contributed by atoms with Crippen LogP contribution in [-0.4, -0.2) is 19.8 Å². The maximum absolute atomic E-state index is 5.26. The number of rotatable bonds is 5. The summed E-state index contributed by atoms with van der Waals surface area (Å²) >= 11 is 5.49. The molecule has 96 valence electrons. The molecule has 0 saturated heterocycles. The lowest BCUT2D eigenvalue weighted by molar-refractivity contribution is 0.156. The van der Waals surface area contributed by atoms with Crippen molar-refractivity contribution in [2.75, 3.05) is 13.7 Å². The minimum atomic E-state index is 0.467. The molecule has 2 atom stereocenters. The number of fused-ring (bicyclic) bond motifs is 1. The van der Waals surface area contributed by atoms with Crippen LogP contribution >= 0.6 is 27.3 Å². The largest absolute Gasteiger partial charge is 0.383 e. The highest BCUT2D eigenvalue weighted by Crippen LogP contribution is 2.38. The second-order valence-electron chi connectivity index (χ2n) is 4.60. The summed E-state index contributed by atoms with van der Waals surface area (Å²) < 4.78 is 6.52. The average molecular weight is 318 g/mol. The number of ether oxygens (including phenoxy) is 1. The predicted octanol–water partition coefficient (Wildman–Crippen LogP) is 3.90. The van der Waals surface area contributed by atoms with Crippen LogP contribution in [-0.2, 0) is 11.2 Å². The van der Waals surface area contributed by atoms with Crippen LogP contribution in [0.25, 0.3) is 0 Å². The zero-order valence-corrected chi connectivity index (χ0v) is 12.9. The molecule has 1 N–H and O–H groups in total. The molecule has 0 bridgehead atoms. The molecule has 17 heavy (non-hydrogen) atoms. The van der Waals surface area contributed by atoms with Crippen LogP contribution in [0.15, 0.2) is 9.85 Å². The van der Waals surface area contributed by atoms with Crippen LogP contribution in [0.3, 0.4) is 0 Å². The zero-order chi connectivity index (χ0) is 12.3. The van der Waals surface area contributed by atoms with Gasteiger partial charge in [0.25, 0.3) is 0 Å². The van der Waals surface area contributed by atoms with Gasteiger partial charge in [0.05, 0.1) is 10.4 Å². The van der Waals surface area contributed by atoms with Crippen LogP contribution in [0, 0.1) is 0 Å². The Morgan fingerprint density at radius 3 is 3.18 bits per heavy atom. The van der Waals surface area contributed by atoms with Gasteiger partial charge in [-0.25, -0.2) is 0 Å². The van der Waals surface area contributed by atoms with Gasteiger partial charge in [-0.2, -0.15) is 0 Å². The monoisotopic (exact) mass is 317 g/mol. The first-order valence-corrected chi connectivity index (χ1v) is 7.88. The SMILES string of the molecule is CCC(COC)NC1CCCc2sc(Br)cc21. The number of hydrogen-bond donors (Lipinski definition) is 1. The highest BCUT2D eigenvalue weighted by molar-refractivity contribution is 9.11. The molecule has 0 aliphatic heterocycles. The first kappa shape index (κ1) is 13.5. The Morgan fingerprint density at radius 2 is 2.47 bits per heavy atom. The van der Waals surface area contributed by atoms with Crippen molar-refractivity contribution in [1.29, 1.82) is 0 Å². The molecule has 1 aliphatic carbocycles. The molecule has 4 heteroatoms. The molecule has 2 nitrogen and oxygen atoms in total. The van der Waals surface area contributed by atoms with Crippen molar-refractivity contribution in [3.05, 3.63) is 20.3 Å². The van der Waals surface area contributed by atoms with E-state index in [0.29, 0.717) is 12.1 Å². The normalized spacial score (nSPS) is 21.2. The van der Waals surface area contributed by atoms with Gasteiger partial charge in [0.1, 0.15) is 0 Å². The summed E-state index contributed by atoms with van der Waals surface area (Å²) in [6, 6.07) is 3.27. The number of halogens is 1. The first-order chi connectivity index (χ1) is 8.24. The first-order valence-electron chi connectivity index (χ1n) is 6.27. The van der Waals surface area contributed by atoms with E-state index in [0.717, 1.165) is 13.0 Å². The van der Waals surface area contributed by atoms with Crippen molar-refractivity contribution in [2.45, 2.75) is 44.7 Å². The van der Waals surface area contributed by atoms with Gasteiger partial charge in [-0.1, -0.05) is 6.92 Å². The van der Waals surface area contributed by atoms with Gasteiger partial charge in [0.2, 0.25) is 0 Å². The van der Waals surface area contributed by atoms with E-state index in [1.54, 1.807) is 12.0 Å². The van der Waals surface area contributed by atoms with E-state index in [9.17, 15) is 0 Å². The van der Waals surface area contributed by atoms with E-state index >= 15 is 0 Å². The van der Waals surface area contributed by atoms with E-state index in [1.165, 1.54) is 28.6 Å². The van der Waals surface area contributed by atoms with Gasteiger partial charge >= 0.3 is 0 Å². The van der Waals surface area contributed by atoms with E-state index < -0.39 is 0 Å². The Labute approximate surface area is 116 Å². The highest BCUT2D eigenvalue weighted by atomic mass is 79.9. The molecule has 0 amide bonds. The summed E-state index contributed by atoms with van der Waals surface area (Å²) in [5.74, 6) is 0. The van der Waals surface area contributed by atoms with Gasteiger partial charge in [-0.3, -0.25) is 0 Å². The molecular formula is C13H20BrNOS. The molecule has 1 aromatic rings. The van der Waals surface area contributed by atoms with Crippen molar-refractivity contribution in [1.82, 2.24) is 5.32 Å². The van der Waals surface area contributed by atoms with Crippen LogP contribution in [0.5, 0.6) is 0 Å². The molecule has 1 heterocycles. The van der Waals surface area contributed by atoms with Crippen molar-refractivity contribution < 1.29 is 4.74 Å². The van der Waals surface area contributed by atoms with Gasteiger partial charge in [-0.15, -0.1) is 11.3 Å². The third-order valence-corrected chi connectivity index (χ3v) is 5.09. The summed E-state index contributed by atoms with van der Waals surface area (Å²) in [4.78, 5) is 1.55. The topological polar surface area (TPSA) is 21.3 Å². The van der Waals surface area contributed by atoms with Crippen molar-refractivity contribution in [3.8, 4) is 0 Å². The summed E-state index contributed by atoms with van der Waals surface area (Å²) in [6.07, 6.45) is 4.90. The van der Waals surface area contributed by atoms with E-state index in [1.807, 2.05) is 11.3 Å². The van der Waals surface area contributed by atoms with Crippen molar-refractivity contribution in [3.63, 3.8) is 0 Å². The van der Waals surface area contributed by atoms with E-state index in [4.69, 9.17) is 4.74 Å². The Hall–Kier alpha value is 0.100. The number of methoxy groups -OCH3 is 1. The van der Waals surface area contributed by atoms with Crippen LogP contribution in [0.1, 0.15) is 42.7 Å². The molecule has 1 aromatic heterocycles. The minimum Gasteiger partial charge on any atom is -0.383 e. The third kappa shape index (κ3) is 3.31. The molecule has 2 rings (SSSR count). The number of hydrogen-bond acceptors (Lipinski definition) is 3. The molecule has 0 fully saturated rings. The van der Waals surface area contributed by atoms with Crippen molar-refractivity contribution >= 4 is 27.3 Å². The Kier molecular flexibility index (Phi) is 5.03. The zero-order valence-electron chi connectivity index (χ0n) is 10.5. The fourth-order valence-electron chi connectivity index (χ4n) is 2.46. The fraction of sp³-hybridized carbons (Fsp3) is 0.692. The quantitative estimate of drug-likeness (QED) is 0.889.